The van der Waals surface area contributed by atoms with Crippen LogP contribution in [0, 0.1) is 0 Å². The van der Waals surface area contributed by atoms with Crippen LogP contribution >= 0.6 is 0 Å². The number of nitrogens with two attached hydrogens (primary N) is 1. The first-order chi connectivity index (χ1) is 8.39. The molecule has 8 heteroatoms. The standard InChI is InChI=1S/C10H15N3O4S/c11-18(16,17)12-6-3-8(4-7-12)13-5-1-2-9(13)10(14)15/h1-2,5,8H,3-4,6-7H2,(H,14,15)(H2,11,16,17). The van der Waals surface area contributed by atoms with E-state index in [9.17, 15) is 13.2 Å². The minimum absolute atomic E-state index is 0.00380. The Bertz CT molecular complexity index is 543. The van der Waals surface area contributed by atoms with Crippen LogP contribution in [0.2, 0.25) is 0 Å². The maximum Gasteiger partial charge on any atom is 0.352 e. The van der Waals surface area contributed by atoms with Gasteiger partial charge in [0.2, 0.25) is 0 Å². The number of hydrogen-bond donors (Lipinski definition) is 2. The molecule has 0 unspecified atom stereocenters. The van der Waals surface area contributed by atoms with E-state index in [1.54, 1.807) is 16.8 Å². The summed E-state index contributed by atoms with van der Waals surface area (Å²) in [5.74, 6) is -0.978. The molecule has 1 aromatic rings. The molecule has 0 atom stereocenters. The average molecular weight is 273 g/mol. The number of hydrogen-bond acceptors (Lipinski definition) is 3. The highest BCUT2D eigenvalue weighted by atomic mass is 32.2. The molecule has 1 aliphatic heterocycles. The van der Waals surface area contributed by atoms with Crippen molar-refractivity contribution in [1.82, 2.24) is 8.87 Å². The van der Waals surface area contributed by atoms with Crippen LogP contribution < -0.4 is 5.14 Å². The molecule has 0 spiro atoms. The van der Waals surface area contributed by atoms with Gasteiger partial charge in [0.1, 0.15) is 5.69 Å². The fourth-order valence-corrected chi connectivity index (χ4v) is 2.99. The van der Waals surface area contributed by atoms with Crippen LogP contribution in [0.4, 0.5) is 0 Å². The lowest BCUT2D eigenvalue weighted by atomic mass is 10.1. The molecular weight excluding hydrogens is 258 g/mol. The molecule has 1 aliphatic rings. The van der Waals surface area contributed by atoms with Crippen LogP contribution in [0.25, 0.3) is 0 Å². The Hall–Kier alpha value is -1.38. The molecule has 0 bridgehead atoms. The quantitative estimate of drug-likeness (QED) is 0.810. The molecule has 0 amide bonds. The Balaban J connectivity index is 2.10. The molecule has 0 saturated carbocycles. The molecule has 7 nitrogen and oxygen atoms in total. The van der Waals surface area contributed by atoms with Gasteiger partial charge in [-0.05, 0) is 25.0 Å². The topological polar surface area (TPSA) is 106 Å². The zero-order valence-corrected chi connectivity index (χ0v) is 10.5. The van der Waals surface area contributed by atoms with Crippen LogP contribution in [0.15, 0.2) is 18.3 Å². The number of rotatable bonds is 3. The number of aromatic carboxylic acids is 1. The third-order valence-electron chi connectivity index (χ3n) is 3.17. The number of piperidine rings is 1. The first kappa shape index (κ1) is 13.1. The average Bonchev–Trinajstić information content (AvgIpc) is 2.77. The van der Waals surface area contributed by atoms with Crippen molar-refractivity contribution in [3.8, 4) is 0 Å². The first-order valence-electron chi connectivity index (χ1n) is 5.57. The van der Waals surface area contributed by atoms with Crippen molar-refractivity contribution >= 4 is 16.2 Å². The lowest BCUT2D eigenvalue weighted by molar-refractivity contribution is 0.0680. The highest BCUT2D eigenvalue weighted by Gasteiger charge is 2.27. The molecule has 2 heterocycles. The van der Waals surface area contributed by atoms with E-state index in [4.69, 9.17) is 10.2 Å². The number of aromatic nitrogens is 1. The number of carboxylic acids is 1. The number of carboxylic acid groups (broad SMARTS) is 1. The minimum atomic E-state index is -3.64. The summed E-state index contributed by atoms with van der Waals surface area (Å²) in [7, 11) is -3.64. The van der Waals surface area contributed by atoms with E-state index in [1.807, 2.05) is 0 Å². The Morgan fingerprint density at radius 1 is 1.39 bits per heavy atom. The molecule has 1 aromatic heterocycles. The summed E-state index contributed by atoms with van der Waals surface area (Å²) in [5.41, 5.74) is 0.226. The van der Waals surface area contributed by atoms with Crippen molar-refractivity contribution in [2.45, 2.75) is 18.9 Å². The zero-order valence-electron chi connectivity index (χ0n) is 9.69. The normalized spacial score (nSPS) is 18.9. The molecule has 1 fully saturated rings. The van der Waals surface area contributed by atoms with Crippen molar-refractivity contribution < 1.29 is 18.3 Å². The summed E-state index contributed by atoms with van der Waals surface area (Å²) in [6.07, 6.45) is 2.83. The van der Waals surface area contributed by atoms with Gasteiger partial charge in [-0.25, -0.2) is 9.93 Å². The van der Waals surface area contributed by atoms with Crippen molar-refractivity contribution in [3.05, 3.63) is 24.0 Å². The predicted molar refractivity (Wildman–Crippen MR) is 64.3 cm³/mol. The maximum atomic E-state index is 11.2. The third-order valence-corrected chi connectivity index (χ3v) is 4.26. The van der Waals surface area contributed by atoms with E-state index in [0.717, 1.165) is 0 Å². The summed E-state index contributed by atoms with van der Waals surface area (Å²) in [5, 5.41) is 14.1. The van der Waals surface area contributed by atoms with Crippen molar-refractivity contribution in [2.24, 2.45) is 5.14 Å². The highest BCUT2D eigenvalue weighted by molar-refractivity contribution is 7.86. The van der Waals surface area contributed by atoms with Crippen molar-refractivity contribution in [1.29, 1.82) is 0 Å². The van der Waals surface area contributed by atoms with E-state index in [-0.39, 0.29) is 11.7 Å². The van der Waals surface area contributed by atoms with Crippen LogP contribution in [0.5, 0.6) is 0 Å². The van der Waals surface area contributed by atoms with Gasteiger partial charge in [-0.2, -0.15) is 12.7 Å². The van der Waals surface area contributed by atoms with Gasteiger partial charge in [-0.1, -0.05) is 0 Å². The van der Waals surface area contributed by atoms with Crippen LogP contribution in [0.1, 0.15) is 29.4 Å². The summed E-state index contributed by atoms with van der Waals surface area (Å²) in [6, 6.07) is 3.22. The van der Waals surface area contributed by atoms with Gasteiger partial charge >= 0.3 is 5.97 Å². The molecule has 18 heavy (non-hydrogen) atoms. The second-order valence-corrected chi connectivity index (χ2v) is 5.83. The second kappa shape index (κ2) is 4.71. The molecule has 1 saturated heterocycles. The summed E-state index contributed by atoms with van der Waals surface area (Å²) < 4.78 is 25.2. The van der Waals surface area contributed by atoms with E-state index in [2.05, 4.69) is 0 Å². The third kappa shape index (κ3) is 2.55. The Morgan fingerprint density at radius 2 is 2.00 bits per heavy atom. The minimum Gasteiger partial charge on any atom is -0.477 e. The lowest BCUT2D eigenvalue weighted by Gasteiger charge is -2.31. The second-order valence-electron chi connectivity index (χ2n) is 4.28. The van der Waals surface area contributed by atoms with Gasteiger partial charge in [0, 0.05) is 25.3 Å². The predicted octanol–water partition coefficient (Wildman–Crippen LogP) is 0.0267. The van der Waals surface area contributed by atoms with Crippen molar-refractivity contribution in [2.75, 3.05) is 13.1 Å². The Labute approximate surface area is 105 Å². The summed E-state index contributed by atoms with van der Waals surface area (Å²) in [6.45, 7) is 0.640. The highest BCUT2D eigenvalue weighted by Crippen LogP contribution is 2.25. The van der Waals surface area contributed by atoms with Crippen LogP contribution in [-0.2, 0) is 10.2 Å². The Morgan fingerprint density at radius 3 is 2.50 bits per heavy atom. The van der Waals surface area contributed by atoms with Crippen LogP contribution in [0.3, 0.4) is 0 Å². The van der Waals surface area contributed by atoms with Gasteiger partial charge in [-0.3, -0.25) is 0 Å². The van der Waals surface area contributed by atoms with Crippen molar-refractivity contribution in [3.63, 3.8) is 0 Å². The summed E-state index contributed by atoms with van der Waals surface area (Å²) >= 11 is 0. The lowest BCUT2D eigenvalue weighted by Crippen LogP contribution is -2.42. The largest absolute Gasteiger partial charge is 0.477 e. The molecule has 100 valence electrons. The fourth-order valence-electron chi connectivity index (χ4n) is 2.27. The SMILES string of the molecule is NS(=O)(=O)N1CCC(n2cccc2C(=O)O)CC1. The van der Waals surface area contributed by atoms with Gasteiger partial charge in [0.25, 0.3) is 10.2 Å². The van der Waals surface area contributed by atoms with Gasteiger partial charge in [-0.15, -0.1) is 0 Å². The van der Waals surface area contributed by atoms with Crippen LogP contribution in [-0.4, -0.2) is 41.5 Å². The monoisotopic (exact) mass is 273 g/mol. The van der Waals surface area contributed by atoms with Gasteiger partial charge in [0.15, 0.2) is 0 Å². The van der Waals surface area contributed by atoms with E-state index < -0.39 is 16.2 Å². The molecule has 2 rings (SSSR count). The zero-order chi connectivity index (χ0) is 13.3. The van der Waals surface area contributed by atoms with E-state index in [1.165, 1.54) is 10.4 Å². The van der Waals surface area contributed by atoms with Gasteiger partial charge < -0.3 is 9.67 Å². The van der Waals surface area contributed by atoms with E-state index in [0.29, 0.717) is 25.9 Å². The first-order valence-corrected chi connectivity index (χ1v) is 7.08. The molecular formula is C10H15N3O4S. The maximum absolute atomic E-state index is 11.2. The molecule has 0 radical (unpaired) electrons. The Kier molecular flexibility index (Phi) is 3.42. The number of nitrogens with zero attached hydrogens (tertiary/aromatic N) is 2. The number of carbonyl (C=O) groups is 1. The molecule has 0 aliphatic carbocycles. The fraction of sp³-hybridized carbons (Fsp3) is 0.500. The summed E-state index contributed by atoms with van der Waals surface area (Å²) in [4.78, 5) is 11.0. The molecule has 0 aromatic carbocycles. The molecule has 3 N–H and O–H groups in total. The van der Waals surface area contributed by atoms with Gasteiger partial charge in [0.05, 0.1) is 0 Å². The smallest absolute Gasteiger partial charge is 0.352 e. The van der Waals surface area contributed by atoms with E-state index >= 15 is 0 Å².